The van der Waals surface area contributed by atoms with Gasteiger partial charge in [-0.05, 0) is 56.2 Å². The number of rotatable bonds is 6. The van der Waals surface area contributed by atoms with Gasteiger partial charge in [0.2, 0.25) is 0 Å². The second-order valence-corrected chi connectivity index (χ2v) is 6.71. The molecule has 2 N–H and O–H groups in total. The summed E-state index contributed by atoms with van der Waals surface area (Å²) < 4.78 is 0. The lowest BCUT2D eigenvalue weighted by Crippen LogP contribution is -1.91. The summed E-state index contributed by atoms with van der Waals surface area (Å²) >= 11 is 0. The molecular formula is C25H41N. The Balaban J connectivity index is 0. The zero-order valence-electron chi connectivity index (χ0n) is 18.2. The molecule has 1 nitrogen and oxygen atoms in total. The maximum absolute atomic E-state index is 5.21. The van der Waals surface area contributed by atoms with Crippen molar-refractivity contribution in [3.63, 3.8) is 0 Å². The topological polar surface area (TPSA) is 26.0 Å². The van der Waals surface area contributed by atoms with Gasteiger partial charge < -0.3 is 5.73 Å². The van der Waals surface area contributed by atoms with Crippen molar-refractivity contribution in [3.05, 3.63) is 78.0 Å². The largest absolute Gasteiger partial charge is 0.403 e. The molecule has 0 aliphatic rings. The van der Waals surface area contributed by atoms with E-state index >= 15 is 0 Å². The quantitative estimate of drug-likeness (QED) is 0.513. The molecule has 0 aromatic heterocycles. The molecule has 1 rings (SSSR count). The number of hydrogen-bond acceptors (Lipinski definition) is 1. The van der Waals surface area contributed by atoms with Crippen LogP contribution < -0.4 is 5.73 Å². The zero-order chi connectivity index (χ0) is 20.5. The molecule has 0 aliphatic heterocycles. The molecule has 0 radical (unpaired) electrons. The number of nitrogens with two attached hydrogens (primary N) is 1. The third-order valence-electron chi connectivity index (χ3n) is 4.08. The molecule has 0 heterocycles. The highest BCUT2D eigenvalue weighted by Crippen LogP contribution is 2.22. The van der Waals surface area contributed by atoms with Gasteiger partial charge in [-0.1, -0.05) is 95.3 Å². The number of hydrogen-bond donors (Lipinski definition) is 1. The van der Waals surface area contributed by atoms with Gasteiger partial charge >= 0.3 is 0 Å². The van der Waals surface area contributed by atoms with Gasteiger partial charge in [0.05, 0.1) is 0 Å². The molecule has 0 saturated heterocycles. The van der Waals surface area contributed by atoms with Crippen LogP contribution in [0.2, 0.25) is 0 Å². The van der Waals surface area contributed by atoms with Gasteiger partial charge in [-0.2, -0.15) is 0 Å². The maximum atomic E-state index is 5.21. The first-order chi connectivity index (χ1) is 12.2. The molecule has 1 heteroatoms. The monoisotopic (exact) mass is 355 g/mol. The lowest BCUT2D eigenvalue weighted by atomic mass is 9.97. The Labute approximate surface area is 163 Å². The van der Waals surface area contributed by atoms with Crippen LogP contribution in [0.4, 0.5) is 0 Å². The van der Waals surface area contributed by atoms with Crippen LogP contribution in [0.3, 0.4) is 0 Å². The molecule has 0 fully saturated rings. The fraction of sp³-hybridized carbons (Fsp3) is 0.440. The van der Waals surface area contributed by atoms with Crippen molar-refractivity contribution in [1.82, 2.24) is 0 Å². The minimum Gasteiger partial charge on any atom is -0.403 e. The maximum Gasteiger partial charge on any atom is 0.000733 e. The molecule has 0 amide bonds. The molecule has 0 saturated carbocycles. The van der Waals surface area contributed by atoms with Gasteiger partial charge in [0, 0.05) is 5.70 Å². The highest BCUT2D eigenvalue weighted by Gasteiger charge is 2.01. The minimum absolute atomic E-state index is 0.621. The second kappa shape index (κ2) is 16.4. The van der Waals surface area contributed by atoms with Gasteiger partial charge in [-0.3, -0.25) is 0 Å². The van der Waals surface area contributed by atoms with Crippen LogP contribution in [0, 0.1) is 0 Å². The summed E-state index contributed by atoms with van der Waals surface area (Å²) in [6.45, 7) is 22.1. The lowest BCUT2D eigenvalue weighted by molar-refractivity contribution is 0.866. The molecular weight excluding hydrogens is 314 g/mol. The standard InChI is InChI=1S/C15H22.C5H11N.C5H8/c1-6-12(4)13(5)15-9-7-14(8-10-15)11(2)3;1-3-4-5(2)6;1-3-5-4-2/h7-11H,6H2,1-5H3;2-4,6H2,1H3;3-5H,1H2,2H3/b13-12-;;5-4-. The van der Waals surface area contributed by atoms with E-state index in [-0.39, 0.29) is 0 Å². The third kappa shape index (κ3) is 13.3. The third-order valence-corrected chi connectivity index (χ3v) is 4.08. The van der Waals surface area contributed by atoms with Gasteiger partial charge in [0.15, 0.2) is 0 Å². The van der Waals surface area contributed by atoms with E-state index < -0.39 is 0 Å². The van der Waals surface area contributed by atoms with Crippen molar-refractivity contribution in [1.29, 1.82) is 0 Å². The van der Waals surface area contributed by atoms with Crippen LogP contribution in [-0.2, 0) is 0 Å². The zero-order valence-corrected chi connectivity index (χ0v) is 18.2. The summed E-state index contributed by atoms with van der Waals surface area (Å²) in [6, 6.07) is 8.96. The minimum atomic E-state index is 0.621. The Morgan fingerprint density at radius 2 is 1.65 bits per heavy atom. The Morgan fingerprint density at radius 1 is 1.12 bits per heavy atom. The molecule has 1 aromatic rings. The second-order valence-electron chi connectivity index (χ2n) is 6.71. The fourth-order valence-electron chi connectivity index (χ4n) is 2.09. The molecule has 0 bridgehead atoms. The Hall–Kier alpha value is -2.02. The summed E-state index contributed by atoms with van der Waals surface area (Å²) in [7, 11) is 0. The highest BCUT2D eigenvalue weighted by atomic mass is 14.5. The van der Waals surface area contributed by atoms with Crippen LogP contribution in [0.5, 0.6) is 0 Å². The Morgan fingerprint density at radius 3 is 1.88 bits per heavy atom. The van der Waals surface area contributed by atoms with Crippen LogP contribution in [-0.4, -0.2) is 0 Å². The van der Waals surface area contributed by atoms with E-state index in [0.717, 1.165) is 25.0 Å². The van der Waals surface area contributed by atoms with Gasteiger partial charge in [0.25, 0.3) is 0 Å². The lowest BCUT2D eigenvalue weighted by Gasteiger charge is -2.09. The molecule has 0 unspecified atom stereocenters. The summed E-state index contributed by atoms with van der Waals surface area (Å²) in [6.07, 6.45) is 8.78. The first kappa shape index (κ1) is 26.2. The first-order valence-electron chi connectivity index (χ1n) is 9.68. The van der Waals surface area contributed by atoms with E-state index in [1.165, 1.54) is 22.3 Å². The molecule has 26 heavy (non-hydrogen) atoms. The van der Waals surface area contributed by atoms with Crippen molar-refractivity contribution in [2.75, 3.05) is 0 Å². The summed E-state index contributed by atoms with van der Waals surface area (Å²) in [5.74, 6) is 0.621. The van der Waals surface area contributed by atoms with Gasteiger partial charge in [-0.25, -0.2) is 0 Å². The van der Waals surface area contributed by atoms with Crippen molar-refractivity contribution in [3.8, 4) is 0 Å². The predicted molar refractivity (Wildman–Crippen MR) is 122 cm³/mol. The van der Waals surface area contributed by atoms with Crippen LogP contribution in [0.25, 0.3) is 5.57 Å². The normalized spacial score (nSPS) is 11.1. The SMILES string of the molecule is C=C(N)CCC.C=C/C=C\C.CC/C(C)=C(/C)c1ccc(C(C)C)cc1. The van der Waals surface area contributed by atoms with Gasteiger partial charge in [0.1, 0.15) is 0 Å². The number of allylic oxidation sites excluding steroid dienone is 6. The molecule has 146 valence electrons. The van der Waals surface area contributed by atoms with Crippen molar-refractivity contribution in [2.45, 2.75) is 73.6 Å². The summed E-state index contributed by atoms with van der Waals surface area (Å²) in [4.78, 5) is 0. The average Bonchev–Trinajstić information content (AvgIpc) is 2.62. The summed E-state index contributed by atoms with van der Waals surface area (Å²) in [5, 5.41) is 0. The van der Waals surface area contributed by atoms with E-state index in [1.54, 1.807) is 6.08 Å². The average molecular weight is 356 g/mol. The van der Waals surface area contributed by atoms with E-state index in [2.05, 4.69) is 79.0 Å². The van der Waals surface area contributed by atoms with Gasteiger partial charge in [-0.15, -0.1) is 0 Å². The van der Waals surface area contributed by atoms with Crippen molar-refractivity contribution >= 4 is 5.57 Å². The van der Waals surface area contributed by atoms with Crippen molar-refractivity contribution in [2.24, 2.45) is 5.73 Å². The Kier molecular flexibility index (Phi) is 16.6. The number of benzene rings is 1. The summed E-state index contributed by atoms with van der Waals surface area (Å²) in [5.41, 5.74) is 11.7. The van der Waals surface area contributed by atoms with E-state index in [1.807, 2.05) is 19.1 Å². The molecule has 0 spiro atoms. The fourth-order valence-corrected chi connectivity index (χ4v) is 2.09. The van der Waals surface area contributed by atoms with Crippen LogP contribution in [0.15, 0.2) is 66.9 Å². The Bertz CT molecular complexity index is 556. The molecule has 1 aromatic carbocycles. The smallest absolute Gasteiger partial charge is 0.000733 e. The van der Waals surface area contributed by atoms with Crippen LogP contribution in [0.1, 0.15) is 84.8 Å². The van der Waals surface area contributed by atoms with Crippen molar-refractivity contribution < 1.29 is 0 Å². The predicted octanol–water partition coefficient (Wildman–Crippen LogP) is 8.02. The molecule has 0 aliphatic carbocycles. The van der Waals surface area contributed by atoms with Crippen LogP contribution >= 0.6 is 0 Å². The van der Waals surface area contributed by atoms with E-state index in [0.29, 0.717) is 5.92 Å². The first-order valence-corrected chi connectivity index (χ1v) is 9.68. The van der Waals surface area contributed by atoms with E-state index in [9.17, 15) is 0 Å². The molecule has 0 atom stereocenters. The highest BCUT2D eigenvalue weighted by molar-refractivity contribution is 5.66. The van der Waals surface area contributed by atoms with E-state index in [4.69, 9.17) is 5.73 Å².